The smallest absolute Gasteiger partial charge is 0.226 e. The van der Waals surface area contributed by atoms with Crippen molar-refractivity contribution in [1.29, 1.82) is 0 Å². The molecule has 0 aromatic heterocycles. The second-order valence-corrected chi connectivity index (χ2v) is 6.92. The Labute approximate surface area is 154 Å². The number of rotatable bonds is 4. The molecule has 0 aliphatic carbocycles. The normalized spacial score (nSPS) is 15.7. The molecule has 1 heterocycles. The predicted molar refractivity (Wildman–Crippen MR) is 105 cm³/mol. The number of benzene rings is 2. The van der Waals surface area contributed by atoms with E-state index in [1.54, 1.807) is 11.1 Å². The summed E-state index contributed by atoms with van der Waals surface area (Å²) in [5, 5.41) is 2.97. The second-order valence-electron chi connectivity index (χ2n) is 6.92. The first-order chi connectivity index (χ1) is 12.5. The molecule has 134 valence electrons. The molecule has 2 aromatic rings. The molecule has 0 saturated heterocycles. The zero-order chi connectivity index (χ0) is 18.7. The van der Waals surface area contributed by atoms with Gasteiger partial charge in [0.2, 0.25) is 11.8 Å². The number of nitrogens with one attached hydrogen (secondary N) is 1. The Bertz CT molecular complexity index is 855. The lowest BCUT2D eigenvalue weighted by molar-refractivity contribution is -0.129. The Morgan fingerprint density at radius 1 is 1.12 bits per heavy atom. The van der Waals surface area contributed by atoms with Crippen LogP contribution in [0.3, 0.4) is 0 Å². The van der Waals surface area contributed by atoms with Crippen molar-refractivity contribution in [2.24, 2.45) is 0 Å². The Morgan fingerprint density at radius 2 is 1.88 bits per heavy atom. The van der Waals surface area contributed by atoms with Gasteiger partial charge in [0.1, 0.15) is 0 Å². The maximum Gasteiger partial charge on any atom is 0.226 e. The minimum absolute atomic E-state index is 0.0737. The summed E-state index contributed by atoms with van der Waals surface area (Å²) >= 11 is 0. The first kappa shape index (κ1) is 17.9. The highest BCUT2D eigenvalue weighted by molar-refractivity contribution is 5.92. The third-order valence-electron chi connectivity index (χ3n) is 4.68. The van der Waals surface area contributed by atoms with Crippen LogP contribution in [0.2, 0.25) is 0 Å². The fourth-order valence-corrected chi connectivity index (χ4v) is 3.28. The summed E-state index contributed by atoms with van der Waals surface area (Å²) < 4.78 is 0. The van der Waals surface area contributed by atoms with Crippen LogP contribution in [-0.2, 0) is 9.59 Å². The molecular weight excluding hydrogens is 324 g/mol. The van der Waals surface area contributed by atoms with E-state index in [2.05, 4.69) is 25.2 Å². The molecule has 0 saturated carbocycles. The lowest BCUT2D eigenvalue weighted by Gasteiger charge is -2.32. The van der Waals surface area contributed by atoms with Crippen LogP contribution in [0, 0.1) is 0 Å². The fraction of sp³-hybridized carbons (Fsp3) is 0.273. The van der Waals surface area contributed by atoms with E-state index in [-0.39, 0.29) is 24.3 Å². The van der Waals surface area contributed by atoms with Crippen molar-refractivity contribution in [1.82, 2.24) is 4.90 Å². The number of carbonyl (C=O) groups excluding carboxylic acids is 2. The van der Waals surface area contributed by atoms with Crippen LogP contribution in [0.1, 0.15) is 55.8 Å². The monoisotopic (exact) mass is 348 g/mol. The molecule has 4 nitrogen and oxygen atoms in total. The van der Waals surface area contributed by atoms with Gasteiger partial charge in [-0.3, -0.25) is 9.59 Å². The summed E-state index contributed by atoms with van der Waals surface area (Å²) in [6, 6.07) is 15.5. The van der Waals surface area contributed by atoms with E-state index in [0.29, 0.717) is 5.92 Å². The third-order valence-corrected chi connectivity index (χ3v) is 4.68. The molecule has 1 atom stereocenters. The molecule has 0 radical (unpaired) electrons. The molecule has 0 fully saturated rings. The van der Waals surface area contributed by atoms with Crippen LogP contribution >= 0.6 is 0 Å². The van der Waals surface area contributed by atoms with Gasteiger partial charge in [0, 0.05) is 18.8 Å². The maximum absolute atomic E-state index is 12.7. The molecule has 3 rings (SSSR count). The van der Waals surface area contributed by atoms with Gasteiger partial charge in [-0.2, -0.15) is 0 Å². The highest BCUT2D eigenvalue weighted by atomic mass is 16.2. The van der Waals surface area contributed by atoms with E-state index in [1.165, 1.54) is 12.5 Å². The Hall–Kier alpha value is -2.88. The molecule has 4 heteroatoms. The van der Waals surface area contributed by atoms with Crippen LogP contribution in [0.25, 0.3) is 6.08 Å². The minimum Gasteiger partial charge on any atom is -0.326 e. The zero-order valence-corrected chi connectivity index (χ0v) is 15.4. The highest BCUT2D eigenvalue weighted by Gasteiger charge is 2.28. The molecule has 1 aliphatic heterocycles. The van der Waals surface area contributed by atoms with Gasteiger partial charge >= 0.3 is 0 Å². The van der Waals surface area contributed by atoms with Gasteiger partial charge in [-0.1, -0.05) is 50.2 Å². The van der Waals surface area contributed by atoms with Crippen LogP contribution < -0.4 is 5.32 Å². The Morgan fingerprint density at radius 3 is 2.62 bits per heavy atom. The van der Waals surface area contributed by atoms with Crippen LogP contribution in [0.5, 0.6) is 0 Å². The van der Waals surface area contributed by atoms with Gasteiger partial charge in [-0.05, 0) is 40.8 Å². The summed E-state index contributed by atoms with van der Waals surface area (Å²) in [4.78, 5) is 26.3. The summed E-state index contributed by atoms with van der Waals surface area (Å²) in [6.45, 7) is 5.77. The average Bonchev–Trinajstić information content (AvgIpc) is 2.61. The number of hydrogen-bond acceptors (Lipinski definition) is 2. The Balaban J connectivity index is 1.79. The van der Waals surface area contributed by atoms with Crippen LogP contribution in [-0.4, -0.2) is 16.7 Å². The molecule has 1 unspecified atom stereocenters. The topological polar surface area (TPSA) is 49.4 Å². The molecule has 0 spiro atoms. The lowest BCUT2D eigenvalue weighted by Crippen LogP contribution is -2.33. The van der Waals surface area contributed by atoms with Gasteiger partial charge in [-0.25, -0.2) is 0 Å². The highest BCUT2D eigenvalue weighted by Crippen LogP contribution is 2.33. The maximum atomic E-state index is 12.7. The molecular formula is C22H24N2O2. The average molecular weight is 348 g/mol. The third kappa shape index (κ3) is 3.85. The van der Waals surface area contributed by atoms with E-state index >= 15 is 0 Å². The van der Waals surface area contributed by atoms with Crippen LogP contribution in [0.4, 0.5) is 5.69 Å². The van der Waals surface area contributed by atoms with E-state index in [0.717, 1.165) is 16.8 Å². The van der Waals surface area contributed by atoms with Gasteiger partial charge in [0.25, 0.3) is 0 Å². The summed E-state index contributed by atoms with van der Waals surface area (Å²) in [7, 11) is 0. The summed E-state index contributed by atoms with van der Waals surface area (Å²) in [5.41, 5.74) is 4.01. The van der Waals surface area contributed by atoms with Crippen LogP contribution in [0.15, 0.2) is 54.7 Å². The number of nitrogens with zero attached hydrogens (tertiary/aromatic N) is 1. The Kier molecular flexibility index (Phi) is 5.21. The van der Waals surface area contributed by atoms with Gasteiger partial charge in [-0.15, -0.1) is 0 Å². The number of carbonyl (C=O) groups is 2. The van der Waals surface area contributed by atoms with Crippen molar-refractivity contribution in [3.05, 3.63) is 71.4 Å². The first-order valence-electron chi connectivity index (χ1n) is 8.91. The first-order valence-corrected chi connectivity index (χ1v) is 8.91. The fourth-order valence-electron chi connectivity index (χ4n) is 3.28. The number of hydrogen-bond donors (Lipinski definition) is 1. The number of fused-ring (bicyclic) bond motifs is 1. The molecule has 26 heavy (non-hydrogen) atoms. The van der Waals surface area contributed by atoms with E-state index in [9.17, 15) is 9.59 Å². The predicted octanol–water partition coefficient (Wildman–Crippen LogP) is 4.71. The largest absolute Gasteiger partial charge is 0.326 e. The van der Waals surface area contributed by atoms with E-state index < -0.39 is 0 Å². The van der Waals surface area contributed by atoms with E-state index in [4.69, 9.17) is 0 Å². The minimum atomic E-state index is -0.290. The van der Waals surface area contributed by atoms with Crippen molar-refractivity contribution in [2.45, 2.75) is 39.2 Å². The van der Waals surface area contributed by atoms with Gasteiger partial charge < -0.3 is 10.2 Å². The van der Waals surface area contributed by atoms with Gasteiger partial charge in [0.15, 0.2) is 0 Å². The molecule has 2 amide bonds. The SMILES string of the molecule is CC(=O)N1C=Cc2ccccc2C1CC(=O)Nc1cccc(C(C)C)c1. The summed E-state index contributed by atoms with van der Waals surface area (Å²) in [5.74, 6) is 0.220. The van der Waals surface area contributed by atoms with Crippen molar-refractivity contribution in [3.8, 4) is 0 Å². The summed E-state index contributed by atoms with van der Waals surface area (Å²) in [6.07, 6.45) is 3.89. The van der Waals surface area contributed by atoms with Crippen molar-refractivity contribution >= 4 is 23.6 Å². The zero-order valence-electron chi connectivity index (χ0n) is 15.4. The quantitative estimate of drug-likeness (QED) is 0.870. The molecule has 0 bridgehead atoms. The van der Waals surface area contributed by atoms with E-state index in [1.807, 2.05) is 48.5 Å². The van der Waals surface area contributed by atoms with Crippen molar-refractivity contribution in [2.75, 3.05) is 5.32 Å². The van der Waals surface area contributed by atoms with Gasteiger partial charge in [0.05, 0.1) is 12.5 Å². The molecule has 2 aromatic carbocycles. The molecule has 1 N–H and O–H groups in total. The van der Waals surface area contributed by atoms with Crippen molar-refractivity contribution in [3.63, 3.8) is 0 Å². The standard InChI is InChI=1S/C22H24N2O2/c1-15(2)18-8-6-9-19(13-18)23-22(26)14-21-20-10-5-4-7-17(20)11-12-24(21)16(3)25/h4-13,15,21H,14H2,1-3H3,(H,23,26). The number of amides is 2. The molecule has 1 aliphatic rings. The lowest BCUT2D eigenvalue weighted by atomic mass is 9.93. The second kappa shape index (κ2) is 7.56. The number of anilines is 1. The van der Waals surface area contributed by atoms with Crippen molar-refractivity contribution < 1.29 is 9.59 Å².